The predicted octanol–water partition coefficient (Wildman–Crippen LogP) is -0.192. The van der Waals surface area contributed by atoms with Crippen LogP contribution in [0.25, 0.3) is 0 Å². The van der Waals surface area contributed by atoms with Gasteiger partial charge in [-0.05, 0) is 12.8 Å². The summed E-state index contributed by atoms with van der Waals surface area (Å²) in [5.74, 6) is 0. The minimum absolute atomic E-state index is 0.506. The molecule has 64 valence electrons. The Bertz CT molecular complexity index is 132. The van der Waals surface area contributed by atoms with E-state index in [0.29, 0.717) is 12.1 Å². The number of morpholine rings is 1. The van der Waals surface area contributed by atoms with Gasteiger partial charge in [0.25, 0.3) is 0 Å². The Morgan fingerprint density at radius 1 is 1.45 bits per heavy atom. The average molecular weight is 156 g/mol. The van der Waals surface area contributed by atoms with Gasteiger partial charge in [-0.25, -0.2) is 0 Å². The van der Waals surface area contributed by atoms with Crippen LogP contribution >= 0.6 is 0 Å². The molecule has 3 nitrogen and oxygen atoms in total. The fourth-order valence-corrected chi connectivity index (χ4v) is 2.07. The first-order valence-electron chi connectivity index (χ1n) is 4.46. The zero-order valence-corrected chi connectivity index (χ0v) is 6.83. The van der Waals surface area contributed by atoms with Crippen LogP contribution in [0.2, 0.25) is 0 Å². The number of piperidine rings is 1. The van der Waals surface area contributed by atoms with Gasteiger partial charge < -0.3 is 10.5 Å². The molecule has 3 fully saturated rings. The van der Waals surface area contributed by atoms with Gasteiger partial charge in [0, 0.05) is 25.7 Å². The molecule has 3 rings (SSSR count). The van der Waals surface area contributed by atoms with E-state index in [4.69, 9.17) is 10.5 Å². The third kappa shape index (κ3) is 1.41. The van der Waals surface area contributed by atoms with E-state index in [1.165, 1.54) is 12.8 Å². The first-order valence-corrected chi connectivity index (χ1v) is 4.46. The highest BCUT2D eigenvalue weighted by atomic mass is 16.5. The average Bonchev–Trinajstić information content (AvgIpc) is 2.07. The monoisotopic (exact) mass is 156 g/mol. The molecule has 11 heavy (non-hydrogen) atoms. The van der Waals surface area contributed by atoms with Crippen LogP contribution in [-0.4, -0.2) is 43.3 Å². The molecular weight excluding hydrogens is 140 g/mol. The molecule has 3 aliphatic heterocycles. The molecule has 3 saturated heterocycles. The molecule has 3 heterocycles. The summed E-state index contributed by atoms with van der Waals surface area (Å²) in [6, 6.07) is 0.670. The van der Waals surface area contributed by atoms with Gasteiger partial charge in [0.2, 0.25) is 0 Å². The standard InChI is InChI=1S/C8H16N2O/c9-3-4-10-5-8-2-1-7(10)6-11-8/h7-8H,1-6,9H2. The summed E-state index contributed by atoms with van der Waals surface area (Å²) in [4.78, 5) is 2.47. The Morgan fingerprint density at radius 2 is 2.36 bits per heavy atom. The van der Waals surface area contributed by atoms with E-state index in [9.17, 15) is 0 Å². The lowest BCUT2D eigenvalue weighted by Gasteiger charge is -2.44. The van der Waals surface area contributed by atoms with Gasteiger partial charge in [0.15, 0.2) is 0 Å². The third-order valence-corrected chi connectivity index (χ3v) is 2.72. The van der Waals surface area contributed by atoms with Crippen LogP contribution in [0.1, 0.15) is 12.8 Å². The molecule has 0 saturated carbocycles. The summed E-state index contributed by atoms with van der Waals surface area (Å²) < 4.78 is 5.57. The normalized spacial score (nSPS) is 37.9. The second-order valence-corrected chi connectivity index (χ2v) is 3.47. The highest BCUT2D eigenvalue weighted by molar-refractivity contribution is 4.86. The number of rotatable bonds is 2. The van der Waals surface area contributed by atoms with E-state index in [1.54, 1.807) is 0 Å². The first kappa shape index (κ1) is 7.53. The van der Waals surface area contributed by atoms with Crippen molar-refractivity contribution < 1.29 is 4.74 Å². The maximum atomic E-state index is 5.57. The van der Waals surface area contributed by atoms with E-state index in [2.05, 4.69) is 4.90 Å². The molecule has 0 aromatic rings. The first-order chi connectivity index (χ1) is 5.40. The van der Waals surface area contributed by atoms with E-state index in [0.717, 1.165) is 26.2 Å². The number of nitrogens with two attached hydrogens (primary N) is 1. The van der Waals surface area contributed by atoms with Crippen LogP contribution in [0.15, 0.2) is 0 Å². The van der Waals surface area contributed by atoms with Gasteiger partial charge in [0.1, 0.15) is 0 Å². The molecule has 0 aromatic heterocycles. The van der Waals surface area contributed by atoms with Crippen LogP contribution in [0.4, 0.5) is 0 Å². The summed E-state index contributed by atoms with van der Waals surface area (Å²) in [6.07, 6.45) is 3.07. The summed E-state index contributed by atoms with van der Waals surface area (Å²) in [5, 5.41) is 0. The Hall–Kier alpha value is -0.120. The summed E-state index contributed by atoms with van der Waals surface area (Å²) in [6.45, 7) is 3.88. The van der Waals surface area contributed by atoms with Crippen molar-refractivity contribution in [1.29, 1.82) is 0 Å². The number of ether oxygens (including phenoxy) is 1. The molecule has 2 unspecified atom stereocenters. The molecule has 2 bridgehead atoms. The molecule has 3 aliphatic rings. The number of nitrogens with zero attached hydrogens (tertiary/aromatic N) is 1. The molecule has 0 radical (unpaired) electrons. The lowest BCUT2D eigenvalue weighted by Crippen LogP contribution is -2.55. The number of hydrogen-bond donors (Lipinski definition) is 1. The maximum Gasteiger partial charge on any atom is 0.0703 e. The van der Waals surface area contributed by atoms with Crippen molar-refractivity contribution in [2.45, 2.75) is 25.0 Å². The Morgan fingerprint density at radius 3 is 2.82 bits per heavy atom. The topological polar surface area (TPSA) is 38.5 Å². The third-order valence-electron chi connectivity index (χ3n) is 2.72. The summed E-state index contributed by atoms with van der Waals surface area (Å²) >= 11 is 0. The van der Waals surface area contributed by atoms with Gasteiger partial charge in [-0.3, -0.25) is 4.90 Å². The number of hydrogen-bond acceptors (Lipinski definition) is 3. The van der Waals surface area contributed by atoms with E-state index in [-0.39, 0.29) is 0 Å². The molecular formula is C8H16N2O. The van der Waals surface area contributed by atoms with Crippen molar-refractivity contribution in [1.82, 2.24) is 4.90 Å². The highest BCUT2D eigenvalue weighted by Gasteiger charge is 2.33. The maximum absolute atomic E-state index is 5.57. The fraction of sp³-hybridized carbons (Fsp3) is 1.00. The molecule has 2 N–H and O–H groups in total. The molecule has 2 atom stereocenters. The van der Waals surface area contributed by atoms with Gasteiger partial charge >= 0.3 is 0 Å². The van der Waals surface area contributed by atoms with Crippen LogP contribution in [0.5, 0.6) is 0 Å². The lowest BCUT2D eigenvalue weighted by molar-refractivity contribution is -0.104. The molecule has 0 aromatic carbocycles. The van der Waals surface area contributed by atoms with Crippen molar-refractivity contribution in [2.24, 2.45) is 5.73 Å². The minimum Gasteiger partial charge on any atom is -0.375 e. The van der Waals surface area contributed by atoms with Crippen molar-refractivity contribution >= 4 is 0 Å². The highest BCUT2D eigenvalue weighted by Crippen LogP contribution is 2.25. The van der Waals surface area contributed by atoms with Gasteiger partial charge in [-0.1, -0.05) is 0 Å². The fourth-order valence-electron chi connectivity index (χ4n) is 2.07. The zero-order valence-electron chi connectivity index (χ0n) is 6.83. The van der Waals surface area contributed by atoms with E-state index >= 15 is 0 Å². The zero-order chi connectivity index (χ0) is 7.68. The van der Waals surface area contributed by atoms with Crippen LogP contribution in [0, 0.1) is 0 Å². The predicted molar refractivity (Wildman–Crippen MR) is 43.4 cm³/mol. The minimum atomic E-state index is 0.506. The van der Waals surface area contributed by atoms with Gasteiger partial charge in [-0.15, -0.1) is 0 Å². The van der Waals surface area contributed by atoms with E-state index < -0.39 is 0 Å². The SMILES string of the molecule is NCCN1CC2CCC1CO2. The van der Waals surface area contributed by atoms with Gasteiger partial charge in [-0.2, -0.15) is 0 Å². The van der Waals surface area contributed by atoms with Crippen LogP contribution in [-0.2, 0) is 4.74 Å². The van der Waals surface area contributed by atoms with Crippen LogP contribution < -0.4 is 5.73 Å². The van der Waals surface area contributed by atoms with Crippen molar-refractivity contribution in [3.8, 4) is 0 Å². The van der Waals surface area contributed by atoms with E-state index in [1.807, 2.05) is 0 Å². The van der Waals surface area contributed by atoms with Crippen LogP contribution in [0.3, 0.4) is 0 Å². The summed E-state index contributed by atoms with van der Waals surface area (Å²) in [5.41, 5.74) is 5.51. The Balaban J connectivity index is 1.92. The second kappa shape index (κ2) is 3.09. The van der Waals surface area contributed by atoms with Gasteiger partial charge in [0.05, 0.1) is 12.7 Å². The lowest BCUT2D eigenvalue weighted by atomic mass is 9.97. The Kier molecular flexibility index (Phi) is 2.11. The molecule has 3 heteroatoms. The number of fused-ring (bicyclic) bond motifs is 3. The quantitative estimate of drug-likeness (QED) is 0.602. The second-order valence-electron chi connectivity index (χ2n) is 3.47. The Labute approximate surface area is 67.5 Å². The smallest absolute Gasteiger partial charge is 0.0703 e. The largest absolute Gasteiger partial charge is 0.375 e. The van der Waals surface area contributed by atoms with Crippen molar-refractivity contribution in [3.05, 3.63) is 0 Å². The molecule has 0 aliphatic carbocycles. The molecule has 0 amide bonds. The molecule has 0 spiro atoms. The van der Waals surface area contributed by atoms with Crippen molar-refractivity contribution in [3.63, 3.8) is 0 Å². The van der Waals surface area contributed by atoms with Crippen molar-refractivity contribution in [2.75, 3.05) is 26.2 Å². The summed E-state index contributed by atoms with van der Waals surface area (Å²) in [7, 11) is 0.